The Balaban J connectivity index is 1.51. The van der Waals surface area contributed by atoms with Gasteiger partial charge in [-0.3, -0.25) is 9.59 Å². The number of benzene rings is 1. The fourth-order valence-corrected chi connectivity index (χ4v) is 3.96. The van der Waals surface area contributed by atoms with Crippen LogP contribution in [0, 0.1) is 0 Å². The Bertz CT molecular complexity index is 827. The van der Waals surface area contributed by atoms with Gasteiger partial charge in [0.1, 0.15) is 5.25 Å². The van der Waals surface area contributed by atoms with Crippen molar-refractivity contribution in [1.29, 1.82) is 0 Å². The smallest absolute Gasteiger partial charge is 0.338 e. The first-order chi connectivity index (χ1) is 14.0. The molecule has 2 N–H and O–H groups in total. The molecule has 1 atom stereocenters. The lowest BCUT2D eigenvalue weighted by Crippen LogP contribution is -2.28. The molecule has 0 radical (unpaired) electrons. The average molecular weight is 417 g/mol. The molecule has 3 rings (SSSR count). The van der Waals surface area contributed by atoms with E-state index in [1.54, 1.807) is 31.2 Å². The summed E-state index contributed by atoms with van der Waals surface area (Å²) in [6, 6.07) is 6.41. The molecular weight excluding hydrogens is 392 g/mol. The maximum Gasteiger partial charge on any atom is 0.338 e. The minimum Gasteiger partial charge on any atom is -0.462 e. The number of nitrogens with one attached hydrogen (secondary N) is 2. The second-order valence-electron chi connectivity index (χ2n) is 6.78. The SMILES string of the molecule is CCOC(=O)c1ccc(NC(=O)C[C@@H]2S/C(=N/N=C3CCCCC3)NC2=O)cc1. The molecule has 0 spiro atoms. The van der Waals surface area contributed by atoms with Gasteiger partial charge in [-0.1, -0.05) is 18.2 Å². The number of anilines is 1. The first kappa shape index (κ1) is 21.0. The molecule has 2 aliphatic rings. The van der Waals surface area contributed by atoms with E-state index in [-0.39, 0.29) is 18.2 Å². The van der Waals surface area contributed by atoms with Crippen LogP contribution in [-0.2, 0) is 14.3 Å². The van der Waals surface area contributed by atoms with Crippen LogP contribution in [0.2, 0.25) is 0 Å². The first-order valence-corrected chi connectivity index (χ1v) is 10.6. The van der Waals surface area contributed by atoms with Gasteiger partial charge in [0, 0.05) is 17.8 Å². The van der Waals surface area contributed by atoms with Crippen LogP contribution in [0.5, 0.6) is 0 Å². The summed E-state index contributed by atoms with van der Waals surface area (Å²) in [6.07, 6.45) is 5.42. The zero-order valence-electron chi connectivity index (χ0n) is 16.3. The highest BCUT2D eigenvalue weighted by Gasteiger charge is 2.32. The van der Waals surface area contributed by atoms with Gasteiger partial charge in [0.15, 0.2) is 5.17 Å². The Labute approximate surface area is 173 Å². The number of hydrogen-bond donors (Lipinski definition) is 2. The van der Waals surface area contributed by atoms with Gasteiger partial charge >= 0.3 is 5.97 Å². The molecule has 1 aromatic carbocycles. The zero-order chi connectivity index (χ0) is 20.6. The van der Waals surface area contributed by atoms with E-state index in [1.807, 2.05) is 0 Å². The van der Waals surface area contributed by atoms with E-state index >= 15 is 0 Å². The molecule has 0 unspecified atom stereocenters. The molecule has 1 aliphatic carbocycles. The molecule has 8 nitrogen and oxygen atoms in total. The molecule has 1 heterocycles. The molecule has 9 heteroatoms. The molecule has 2 fully saturated rings. The van der Waals surface area contributed by atoms with Gasteiger partial charge in [-0.25, -0.2) is 4.79 Å². The third kappa shape index (κ3) is 6.15. The van der Waals surface area contributed by atoms with E-state index in [0.29, 0.717) is 23.0 Å². The maximum absolute atomic E-state index is 12.3. The third-order valence-electron chi connectivity index (χ3n) is 4.54. The fourth-order valence-electron chi connectivity index (χ4n) is 3.05. The van der Waals surface area contributed by atoms with Crippen LogP contribution in [0.25, 0.3) is 0 Å². The number of thioether (sulfide) groups is 1. The van der Waals surface area contributed by atoms with Crippen molar-refractivity contribution in [1.82, 2.24) is 5.32 Å². The lowest BCUT2D eigenvalue weighted by atomic mass is 9.99. The summed E-state index contributed by atoms with van der Waals surface area (Å²) < 4.78 is 4.92. The quantitative estimate of drug-likeness (QED) is 0.547. The predicted octanol–water partition coefficient (Wildman–Crippen LogP) is 3.10. The summed E-state index contributed by atoms with van der Waals surface area (Å²) in [4.78, 5) is 36.0. The number of amides is 2. The normalized spacial score (nSPS) is 20.3. The van der Waals surface area contributed by atoms with Crippen molar-refractivity contribution in [2.24, 2.45) is 10.2 Å². The molecule has 1 saturated carbocycles. The van der Waals surface area contributed by atoms with Crippen molar-refractivity contribution in [2.45, 2.75) is 50.7 Å². The largest absolute Gasteiger partial charge is 0.462 e. The number of carbonyl (C=O) groups excluding carboxylic acids is 3. The topological polar surface area (TPSA) is 109 Å². The Morgan fingerprint density at radius 3 is 2.59 bits per heavy atom. The Kier molecular flexibility index (Phi) is 7.40. The second kappa shape index (κ2) is 10.2. The highest BCUT2D eigenvalue weighted by molar-refractivity contribution is 8.15. The van der Waals surface area contributed by atoms with Crippen molar-refractivity contribution in [3.63, 3.8) is 0 Å². The standard InChI is InChI=1S/C20H24N4O4S/c1-2-28-19(27)13-8-10-14(11-9-13)21-17(25)12-16-18(26)22-20(29-16)24-23-15-6-4-3-5-7-15/h8-11,16H,2-7,12H2,1H3,(H,21,25)(H,22,24,26)/t16-/m0/s1. The number of hydrogen-bond acceptors (Lipinski definition) is 7. The number of amidine groups is 1. The predicted molar refractivity (Wildman–Crippen MR) is 113 cm³/mol. The van der Waals surface area contributed by atoms with Crippen LogP contribution in [0.3, 0.4) is 0 Å². The molecule has 0 bridgehead atoms. The second-order valence-corrected chi connectivity index (χ2v) is 7.97. The summed E-state index contributed by atoms with van der Waals surface area (Å²) in [5.74, 6) is -0.945. The van der Waals surface area contributed by atoms with Crippen molar-refractivity contribution in [3.05, 3.63) is 29.8 Å². The van der Waals surface area contributed by atoms with E-state index in [2.05, 4.69) is 20.8 Å². The van der Waals surface area contributed by atoms with Gasteiger partial charge < -0.3 is 15.4 Å². The molecule has 154 valence electrons. The van der Waals surface area contributed by atoms with Gasteiger partial charge in [-0.05, 0) is 56.9 Å². The van der Waals surface area contributed by atoms with E-state index in [9.17, 15) is 14.4 Å². The van der Waals surface area contributed by atoms with Crippen molar-refractivity contribution in [2.75, 3.05) is 11.9 Å². The highest BCUT2D eigenvalue weighted by atomic mass is 32.2. The van der Waals surface area contributed by atoms with Crippen LogP contribution in [0.1, 0.15) is 55.8 Å². The summed E-state index contributed by atoms with van der Waals surface area (Å²) in [5, 5.41) is 13.7. The van der Waals surface area contributed by atoms with Gasteiger partial charge in [-0.2, -0.15) is 5.10 Å². The number of nitrogens with zero attached hydrogens (tertiary/aromatic N) is 2. The number of esters is 1. The minimum atomic E-state index is -0.542. The van der Waals surface area contributed by atoms with Crippen LogP contribution >= 0.6 is 11.8 Å². The number of carbonyl (C=O) groups is 3. The van der Waals surface area contributed by atoms with Gasteiger partial charge in [0.05, 0.1) is 12.2 Å². The van der Waals surface area contributed by atoms with Crippen LogP contribution < -0.4 is 10.6 Å². The monoisotopic (exact) mass is 416 g/mol. The van der Waals surface area contributed by atoms with Crippen LogP contribution in [0.4, 0.5) is 5.69 Å². The Hall–Kier alpha value is -2.68. The Morgan fingerprint density at radius 2 is 1.90 bits per heavy atom. The van der Waals surface area contributed by atoms with Crippen molar-refractivity contribution < 1.29 is 19.1 Å². The van der Waals surface area contributed by atoms with Gasteiger partial charge in [-0.15, -0.1) is 5.10 Å². The highest BCUT2D eigenvalue weighted by Crippen LogP contribution is 2.24. The molecule has 1 aromatic rings. The lowest BCUT2D eigenvalue weighted by Gasteiger charge is -2.10. The average Bonchev–Trinajstić information content (AvgIpc) is 3.07. The molecule has 29 heavy (non-hydrogen) atoms. The molecule has 2 amide bonds. The fraction of sp³-hybridized carbons (Fsp3) is 0.450. The van der Waals surface area contributed by atoms with Crippen molar-refractivity contribution in [3.8, 4) is 0 Å². The zero-order valence-corrected chi connectivity index (χ0v) is 17.1. The van der Waals surface area contributed by atoms with Gasteiger partial charge in [0.2, 0.25) is 11.8 Å². The first-order valence-electron chi connectivity index (χ1n) is 9.73. The summed E-state index contributed by atoms with van der Waals surface area (Å²) in [6.45, 7) is 2.04. The number of rotatable bonds is 6. The van der Waals surface area contributed by atoms with Crippen molar-refractivity contribution >= 4 is 46.1 Å². The Morgan fingerprint density at radius 1 is 1.17 bits per heavy atom. The van der Waals surface area contributed by atoms with Gasteiger partial charge in [0.25, 0.3) is 0 Å². The minimum absolute atomic E-state index is 0.0196. The van der Waals surface area contributed by atoms with Crippen LogP contribution in [-0.4, -0.2) is 40.5 Å². The van der Waals surface area contributed by atoms with E-state index in [0.717, 1.165) is 31.4 Å². The summed E-state index contributed by atoms with van der Waals surface area (Å²) >= 11 is 1.22. The van der Waals surface area contributed by atoms with E-state index in [1.165, 1.54) is 18.2 Å². The molecule has 0 aromatic heterocycles. The number of ether oxygens (including phenoxy) is 1. The van der Waals surface area contributed by atoms with E-state index < -0.39 is 11.2 Å². The molecule has 1 saturated heterocycles. The van der Waals surface area contributed by atoms with E-state index in [4.69, 9.17) is 4.74 Å². The van der Waals surface area contributed by atoms with Crippen LogP contribution in [0.15, 0.2) is 34.5 Å². The maximum atomic E-state index is 12.3. The summed E-state index contributed by atoms with van der Waals surface area (Å²) in [7, 11) is 0. The molecular formula is C20H24N4O4S. The lowest BCUT2D eigenvalue weighted by molar-refractivity contribution is -0.122. The third-order valence-corrected chi connectivity index (χ3v) is 5.61. The molecule has 1 aliphatic heterocycles. The summed E-state index contributed by atoms with van der Waals surface area (Å²) in [5.41, 5.74) is 2.02.